The van der Waals surface area contributed by atoms with E-state index in [1.54, 1.807) is 32.9 Å². The first-order valence-corrected chi connectivity index (χ1v) is 13.7. The average Bonchev–Trinajstić information content (AvgIpc) is 2.64. The van der Waals surface area contributed by atoms with Crippen molar-refractivity contribution < 1.29 is 30.7 Å². The van der Waals surface area contributed by atoms with E-state index in [0.29, 0.717) is 11.1 Å². The van der Waals surface area contributed by atoms with E-state index in [9.17, 15) is 26.5 Å². The van der Waals surface area contributed by atoms with Gasteiger partial charge in [0.2, 0.25) is 0 Å². The number of nitrogens with zero attached hydrogens (tertiary/aromatic N) is 4. The first-order valence-electron chi connectivity index (χ1n) is 10.3. The number of nitrogens with two attached hydrogens (primary N) is 1. The van der Waals surface area contributed by atoms with Crippen LogP contribution in [0.5, 0.6) is 5.75 Å². The summed E-state index contributed by atoms with van der Waals surface area (Å²) >= 11 is 0. The van der Waals surface area contributed by atoms with Crippen LogP contribution in [0.25, 0.3) is 10.8 Å². The minimum absolute atomic E-state index is 0.0679. The molecular weight excluding hydrogens is 498 g/mol. The lowest BCUT2D eigenvalue weighted by Gasteiger charge is -2.15. The highest BCUT2D eigenvalue weighted by Gasteiger charge is 2.21. The summed E-state index contributed by atoms with van der Waals surface area (Å²) in [5.74, 6) is -1.06. The molecule has 2 rings (SSSR count). The Kier molecular flexibility index (Phi) is 9.48. The molecule has 0 heterocycles. The van der Waals surface area contributed by atoms with E-state index < -0.39 is 37.1 Å². The lowest BCUT2D eigenvalue weighted by molar-refractivity contribution is 0.403. The Morgan fingerprint density at radius 3 is 1.89 bits per heavy atom. The zero-order valence-electron chi connectivity index (χ0n) is 21.1. The van der Waals surface area contributed by atoms with Crippen LogP contribution in [-0.4, -0.2) is 50.9 Å². The molecule has 4 N–H and O–H groups in total. The fraction of sp³-hybridized carbons (Fsp3) is 0.524. The van der Waals surface area contributed by atoms with Crippen LogP contribution in [0.4, 0.5) is 17.1 Å². The molecule has 0 aliphatic carbocycles. The Hall–Kier alpha value is -2.68. The van der Waals surface area contributed by atoms with Crippen molar-refractivity contribution in [3.8, 4) is 5.75 Å². The molecule has 0 unspecified atom stereocenters. The minimum atomic E-state index is -4.36. The van der Waals surface area contributed by atoms with Crippen LogP contribution < -0.4 is 5.73 Å². The van der Waals surface area contributed by atoms with Crippen molar-refractivity contribution in [3.05, 3.63) is 23.8 Å². The molecule has 2 aromatic rings. The van der Waals surface area contributed by atoms with Crippen LogP contribution in [0, 0.1) is 0 Å². The van der Waals surface area contributed by atoms with E-state index in [1.807, 2.05) is 20.8 Å². The molecule has 35 heavy (non-hydrogen) atoms. The Morgan fingerprint density at radius 2 is 1.46 bits per heavy atom. The normalized spacial score (nSPS) is 13.4. The second kappa shape index (κ2) is 10.9. The summed E-state index contributed by atoms with van der Waals surface area (Å²) in [5.41, 5.74) is 5.83. The topological polar surface area (TPSA) is 193 Å². The number of azo groups is 2. The summed E-state index contributed by atoms with van der Waals surface area (Å²) in [7, 11) is -6.40. The van der Waals surface area contributed by atoms with Gasteiger partial charge in [-0.05, 0) is 59.1 Å². The number of hydrogen-bond acceptors (Lipinski definition) is 11. The third-order valence-electron chi connectivity index (χ3n) is 3.90. The lowest BCUT2D eigenvalue weighted by Crippen LogP contribution is -2.08. The van der Waals surface area contributed by atoms with Crippen molar-refractivity contribution in [2.45, 2.75) is 58.4 Å². The monoisotopic (exact) mass is 531 g/mol. The summed E-state index contributed by atoms with van der Waals surface area (Å²) in [6.07, 6.45) is 0.993. The highest BCUT2D eigenvalue weighted by molar-refractivity contribution is 7.86. The molecule has 2 aromatic carbocycles. The third-order valence-corrected chi connectivity index (χ3v) is 5.18. The molecule has 0 aromatic heterocycles. The van der Waals surface area contributed by atoms with Gasteiger partial charge in [-0.25, -0.2) is 0 Å². The number of fused-ring (bicyclic) bond motifs is 1. The summed E-state index contributed by atoms with van der Waals surface area (Å²) in [6, 6.07) is 4.77. The first kappa shape index (κ1) is 30.4. The maximum Gasteiger partial charge on any atom is 0.269 e. The van der Waals surface area contributed by atoms with Crippen LogP contribution in [0.15, 0.2) is 38.7 Å². The van der Waals surface area contributed by atoms with E-state index in [1.165, 1.54) is 6.07 Å². The number of nitrogen functional groups attached to an aromatic ring is 1. The van der Waals surface area contributed by atoms with E-state index in [0.717, 1.165) is 13.4 Å². The number of anilines is 1. The predicted octanol–water partition coefficient (Wildman–Crippen LogP) is 4.87. The molecule has 0 amide bonds. The van der Waals surface area contributed by atoms with Crippen molar-refractivity contribution in [1.82, 2.24) is 0 Å². The number of rotatable bonds is 5. The maximum absolute atomic E-state index is 11.5. The van der Waals surface area contributed by atoms with Crippen LogP contribution in [-0.2, 0) is 30.2 Å². The molecule has 14 heteroatoms. The fourth-order valence-electron chi connectivity index (χ4n) is 2.45. The molecule has 0 saturated carbocycles. The third kappa shape index (κ3) is 10.6. The van der Waals surface area contributed by atoms with Crippen molar-refractivity contribution in [1.29, 1.82) is 0 Å². The zero-order valence-corrected chi connectivity index (χ0v) is 22.7. The van der Waals surface area contributed by atoms with Crippen molar-refractivity contribution in [3.63, 3.8) is 0 Å². The van der Waals surface area contributed by atoms with E-state index in [4.69, 9.17) is 5.73 Å². The van der Waals surface area contributed by atoms with Crippen LogP contribution >= 0.6 is 0 Å². The van der Waals surface area contributed by atoms with Crippen LogP contribution in [0.3, 0.4) is 0 Å². The Labute approximate surface area is 206 Å². The average molecular weight is 532 g/mol. The van der Waals surface area contributed by atoms with Gasteiger partial charge in [-0.15, -0.1) is 0 Å². The second-order valence-electron chi connectivity index (χ2n) is 9.67. The number of benzene rings is 2. The highest BCUT2D eigenvalue weighted by Crippen LogP contribution is 2.45. The predicted molar refractivity (Wildman–Crippen MR) is 136 cm³/mol. The molecule has 0 atom stereocenters. The van der Waals surface area contributed by atoms with Gasteiger partial charge in [0.15, 0.2) is 5.75 Å². The second-order valence-corrected chi connectivity index (χ2v) is 12.9. The zero-order chi connectivity index (χ0) is 27.4. The molecule has 0 aliphatic rings. The smallest absolute Gasteiger partial charge is 0.269 e. The number of aromatic hydroxyl groups is 1. The van der Waals surface area contributed by atoms with Gasteiger partial charge in [0.25, 0.3) is 20.2 Å². The van der Waals surface area contributed by atoms with Crippen molar-refractivity contribution >= 4 is 48.1 Å². The Balaban J connectivity index is 0.000000905. The van der Waals surface area contributed by atoms with Crippen LogP contribution in [0.1, 0.15) is 47.1 Å². The van der Waals surface area contributed by atoms with Gasteiger partial charge < -0.3 is 10.8 Å². The van der Waals surface area contributed by atoms with Gasteiger partial charge in [-0.2, -0.15) is 37.3 Å². The van der Waals surface area contributed by atoms with Gasteiger partial charge in [0.05, 0.1) is 35.5 Å². The molecular formula is C21H33N5O7S2. The molecule has 196 valence electrons. The molecule has 0 fully saturated rings. The lowest BCUT2D eigenvalue weighted by atomic mass is 10.0. The summed E-state index contributed by atoms with van der Waals surface area (Å²) in [6.45, 7) is 11.1. The standard InChI is InChI=1S/C19H27N5O4S.C2H6O3S/c1-18(2,3)23-21-13-8-7-11-9-12(10-29(26,27)28)16(22-24-19(4,5)6)17(25)14(11)15(13)20;1-5-6(2,3)4/h7-9,25H,10,20H2,1-6H3,(H,26,27,28);1-2H3. The molecule has 12 nitrogen and oxygen atoms in total. The van der Waals surface area contributed by atoms with Crippen molar-refractivity contribution in [2.24, 2.45) is 20.5 Å². The minimum Gasteiger partial charge on any atom is -0.505 e. The number of phenols is 1. The van der Waals surface area contributed by atoms with Gasteiger partial charge >= 0.3 is 0 Å². The van der Waals surface area contributed by atoms with Gasteiger partial charge in [-0.3, -0.25) is 8.74 Å². The summed E-state index contributed by atoms with van der Waals surface area (Å²) in [4.78, 5) is 0. The molecule has 0 aliphatic heterocycles. The van der Waals surface area contributed by atoms with E-state index >= 15 is 0 Å². The van der Waals surface area contributed by atoms with Crippen molar-refractivity contribution in [2.75, 3.05) is 19.1 Å². The largest absolute Gasteiger partial charge is 0.505 e. The number of phenolic OH excluding ortho intramolecular Hbond substituents is 1. The highest BCUT2D eigenvalue weighted by atomic mass is 32.2. The fourth-order valence-corrected chi connectivity index (χ4v) is 3.06. The van der Waals surface area contributed by atoms with Gasteiger partial charge in [0, 0.05) is 5.56 Å². The molecule has 0 radical (unpaired) electrons. The van der Waals surface area contributed by atoms with Gasteiger partial charge in [-0.1, -0.05) is 6.07 Å². The summed E-state index contributed by atoms with van der Waals surface area (Å²) < 4.78 is 55.7. The van der Waals surface area contributed by atoms with Crippen LogP contribution in [0.2, 0.25) is 0 Å². The Morgan fingerprint density at radius 1 is 0.971 bits per heavy atom. The van der Waals surface area contributed by atoms with E-state index in [-0.39, 0.29) is 28.1 Å². The first-order chi connectivity index (χ1) is 15.6. The molecule has 0 saturated heterocycles. The summed E-state index contributed by atoms with van der Waals surface area (Å²) in [5, 5.41) is 28.1. The molecule has 0 spiro atoms. The quantitative estimate of drug-likeness (QED) is 0.210. The maximum atomic E-state index is 11.5. The molecule has 0 bridgehead atoms. The Bertz CT molecular complexity index is 1340. The van der Waals surface area contributed by atoms with Gasteiger partial charge in [0.1, 0.15) is 17.1 Å². The van der Waals surface area contributed by atoms with E-state index in [2.05, 4.69) is 24.6 Å². The number of hydrogen-bond donors (Lipinski definition) is 3. The SMILES string of the molecule is CC(C)(C)N=Nc1ccc2cc(CS(=O)(=O)O)c(N=NC(C)(C)C)c(O)c2c1N.COS(C)(=O)=O.